The molecule has 2 aromatic heterocycles. The van der Waals surface area contributed by atoms with Crippen LogP contribution < -0.4 is 15.5 Å². The molecule has 8 heteroatoms. The second-order valence-electron chi connectivity index (χ2n) is 8.83. The van der Waals surface area contributed by atoms with Crippen molar-refractivity contribution in [3.63, 3.8) is 0 Å². The minimum absolute atomic E-state index is 0.0907. The molecule has 0 saturated carbocycles. The number of hydrogen-bond acceptors (Lipinski definition) is 5. The van der Waals surface area contributed by atoms with Gasteiger partial charge in [-0.05, 0) is 31.0 Å². The van der Waals surface area contributed by atoms with Crippen LogP contribution in [0.1, 0.15) is 41.7 Å². The van der Waals surface area contributed by atoms with Gasteiger partial charge in [0.2, 0.25) is 5.82 Å². The zero-order valence-corrected chi connectivity index (χ0v) is 18.4. The predicted octanol–water partition coefficient (Wildman–Crippen LogP) is 3.45. The minimum Gasteiger partial charge on any atom is -0.364 e. The van der Waals surface area contributed by atoms with E-state index in [4.69, 9.17) is 5.73 Å². The van der Waals surface area contributed by atoms with Gasteiger partial charge in [-0.2, -0.15) is 0 Å². The van der Waals surface area contributed by atoms with Gasteiger partial charge in [0.1, 0.15) is 0 Å². The summed E-state index contributed by atoms with van der Waals surface area (Å²) < 4.78 is -0.246. The molecule has 1 saturated heterocycles. The van der Waals surface area contributed by atoms with Crippen molar-refractivity contribution in [3.8, 4) is 11.3 Å². The first-order valence-corrected chi connectivity index (χ1v) is 11.2. The average molecular weight is 445 g/mol. The summed E-state index contributed by atoms with van der Waals surface area (Å²) in [5.74, 6) is -0.0349. The number of amides is 2. The van der Waals surface area contributed by atoms with Crippen LogP contribution >= 0.6 is 0 Å². The van der Waals surface area contributed by atoms with E-state index >= 15 is 0 Å². The number of benzene rings is 1. The summed E-state index contributed by atoms with van der Waals surface area (Å²) in [5.41, 5.74) is 10.4. The van der Waals surface area contributed by atoms with Gasteiger partial charge in [0, 0.05) is 42.0 Å². The fraction of sp³-hybridized carbons (Fsp3) is 0.280. The quantitative estimate of drug-likeness (QED) is 0.521. The number of H-pyrrole nitrogens is 1. The van der Waals surface area contributed by atoms with Crippen molar-refractivity contribution in [1.82, 2.24) is 14.5 Å². The van der Waals surface area contributed by atoms with Gasteiger partial charge in [-0.25, -0.2) is 14.3 Å². The fourth-order valence-corrected chi connectivity index (χ4v) is 5.04. The third kappa shape index (κ3) is 3.43. The van der Waals surface area contributed by atoms with E-state index in [9.17, 15) is 14.4 Å². The number of carbonyl (C=O) groups is 3. The molecule has 0 spiro atoms. The summed E-state index contributed by atoms with van der Waals surface area (Å²) in [6.45, 7) is 0. The largest absolute Gasteiger partial charge is 0.364 e. The number of Topliss-reactive ketones (excluding diaryl/α,β-unsaturated/α-hetero) is 1. The number of nitrogens with zero attached hydrogens (tertiary/aromatic N) is 2. The lowest BCUT2D eigenvalue weighted by Gasteiger charge is -2.30. The first-order chi connectivity index (χ1) is 15.9. The first-order valence-electron chi connectivity index (χ1n) is 11.2. The monoisotopic (exact) mass is 444 g/mol. The normalized spacial score (nSPS) is 22.3. The maximum absolute atomic E-state index is 12.9. The van der Waals surface area contributed by atoms with Crippen LogP contribution in [0.25, 0.3) is 11.3 Å². The molecule has 168 valence electrons. The van der Waals surface area contributed by atoms with Crippen molar-refractivity contribution >= 4 is 34.8 Å². The Morgan fingerprint density at radius 2 is 1.94 bits per heavy atom. The second kappa shape index (κ2) is 7.97. The minimum atomic E-state index is -0.652. The van der Waals surface area contributed by atoms with E-state index in [-0.39, 0.29) is 22.6 Å². The Kier molecular flexibility index (Phi) is 5.09. The molecule has 1 aliphatic carbocycles. The Labute approximate surface area is 191 Å². The number of pyridine rings is 1. The molecule has 0 bridgehead atoms. The van der Waals surface area contributed by atoms with E-state index in [1.54, 1.807) is 13.2 Å². The summed E-state index contributed by atoms with van der Waals surface area (Å²) in [6, 6.07) is 12.7. The number of primary amides is 1. The molecule has 4 N–H and O–H groups in total. The van der Waals surface area contributed by atoms with Crippen molar-refractivity contribution in [2.75, 3.05) is 12.4 Å². The molecule has 1 unspecified atom stereocenters. The van der Waals surface area contributed by atoms with Crippen molar-refractivity contribution < 1.29 is 14.4 Å². The van der Waals surface area contributed by atoms with Crippen LogP contribution in [0.5, 0.6) is 0 Å². The number of aromatic nitrogens is 2. The zero-order chi connectivity index (χ0) is 23.2. The van der Waals surface area contributed by atoms with Gasteiger partial charge >= 0.3 is 5.91 Å². The van der Waals surface area contributed by atoms with E-state index in [1.807, 2.05) is 42.5 Å². The van der Waals surface area contributed by atoms with Crippen molar-refractivity contribution in [2.24, 2.45) is 5.73 Å². The van der Waals surface area contributed by atoms with E-state index < -0.39 is 11.9 Å². The van der Waals surface area contributed by atoms with Gasteiger partial charge in [0.25, 0.3) is 5.91 Å². The van der Waals surface area contributed by atoms with Crippen molar-refractivity contribution in [1.29, 1.82) is 0 Å². The molecular weight excluding hydrogens is 418 g/mol. The predicted molar refractivity (Wildman–Crippen MR) is 126 cm³/mol. The number of nitrogens with one attached hydrogen (secondary N) is 2. The summed E-state index contributed by atoms with van der Waals surface area (Å²) in [5, 5.41) is 3.43. The van der Waals surface area contributed by atoms with Gasteiger partial charge < -0.3 is 16.0 Å². The van der Waals surface area contributed by atoms with E-state index in [0.717, 1.165) is 41.2 Å². The van der Waals surface area contributed by atoms with Crippen LogP contribution in [0, 0.1) is 0 Å². The van der Waals surface area contributed by atoms with Gasteiger partial charge in [-0.1, -0.05) is 18.2 Å². The Morgan fingerprint density at radius 3 is 2.70 bits per heavy atom. The van der Waals surface area contributed by atoms with Crippen molar-refractivity contribution in [3.05, 3.63) is 59.9 Å². The molecule has 2 amide bonds. The lowest BCUT2D eigenvalue weighted by atomic mass is 9.95. The van der Waals surface area contributed by atoms with Crippen LogP contribution in [-0.4, -0.2) is 40.7 Å². The number of nitrogens with two attached hydrogens (primary N) is 1. The third-order valence-corrected chi connectivity index (χ3v) is 6.84. The third-order valence-electron chi connectivity index (χ3n) is 6.84. The highest BCUT2D eigenvalue weighted by Gasteiger charge is 2.52. The number of aryl methyl sites for hydroxylation is 1. The van der Waals surface area contributed by atoms with Crippen LogP contribution in [0.4, 0.5) is 17.2 Å². The highest BCUT2D eigenvalue weighted by molar-refractivity contribution is 6.07. The van der Waals surface area contributed by atoms with Gasteiger partial charge in [-0.3, -0.25) is 9.59 Å². The number of carbonyl (C=O) groups excluding carboxylic acids is 3. The smallest absolute Gasteiger partial charge is 0.320 e. The molecule has 2 atom stereocenters. The number of para-hydroxylation sites is 1. The maximum Gasteiger partial charge on any atom is 0.320 e. The van der Waals surface area contributed by atoms with Crippen LogP contribution in [-0.2, 0) is 16.0 Å². The maximum atomic E-state index is 12.9. The number of rotatable bonds is 5. The van der Waals surface area contributed by atoms with Crippen LogP contribution in [0.3, 0.4) is 0 Å². The first kappa shape index (κ1) is 21.1. The molecule has 1 aromatic carbocycles. The highest BCUT2D eigenvalue weighted by atomic mass is 16.2. The van der Waals surface area contributed by atoms with Crippen LogP contribution in [0.15, 0.2) is 48.7 Å². The van der Waals surface area contributed by atoms with Gasteiger partial charge in [-0.15, -0.1) is 0 Å². The van der Waals surface area contributed by atoms with Crippen molar-refractivity contribution in [2.45, 2.75) is 38.1 Å². The molecule has 1 aliphatic heterocycles. The number of anilines is 2. The lowest BCUT2D eigenvalue weighted by Crippen LogP contribution is -2.58. The number of likely N-dealkylation sites (tertiary alicyclic amines) is 1. The molecule has 8 nitrogen and oxygen atoms in total. The number of quaternary nitrogens is 1. The average Bonchev–Trinajstić information content (AvgIpc) is 3.33. The number of aromatic amines is 1. The lowest BCUT2D eigenvalue weighted by molar-refractivity contribution is -0.132. The summed E-state index contributed by atoms with van der Waals surface area (Å²) in [6.07, 6.45) is 4.43. The summed E-state index contributed by atoms with van der Waals surface area (Å²) in [7, 11) is 1.70. The number of likely N-dealkylation sites (N-methyl/N-ethyl adjacent to an activating group) is 1. The summed E-state index contributed by atoms with van der Waals surface area (Å²) >= 11 is 0. The molecule has 1 fully saturated rings. The van der Waals surface area contributed by atoms with E-state index in [0.29, 0.717) is 24.2 Å². The SMILES string of the molecule is C[N+]1(c2cc(-c3[nH]c4c(c3Nc3ccccc3)C(=O)CCC4)ccn2)C(=O)CC[C@H]1C(N)=O. The Balaban J connectivity index is 1.64. The van der Waals surface area contributed by atoms with Gasteiger partial charge in [0.05, 0.1) is 30.4 Å². The molecule has 0 radical (unpaired) electrons. The Morgan fingerprint density at radius 1 is 1.15 bits per heavy atom. The number of fused-ring (bicyclic) bond motifs is 1. The molecule has 5 rings (SSSR count). The Hall–Kier alpha value is -3.78. The second-order valence-corrected chi connectivity index (χ2v) is 8.83. The highest BCUT2D eigenvalue weighted by Crippen LogP contribution is 2.40. The number of hydrogen-bond donors (Lipinski definition) is 3. The molecule has 3 heterocycles. The van der Waals surface area contributed by atoms with Crippen LogP contribution in [0.2, 0.25) is 0 Å². The molecule has 33 heavy (non-hydrogen) atoms. The molecule has 3 aromatic rings. The molecule has 2 aliphatic rings. The van der Waals surface area contributed by atoms with E-state index in [2.05, 4.69) is 15.3 Å². The molecular formula is C25H26N5O3+. The standard InChI is InChI=1S/C25H25N5O3/c1-30(18(25(26)33)10-11-21(30)32)20-14-15(12-13-27-20)23-24(28-16-6-3-2-4-7-16)22-17(29-23)8-5-9-19(22)31/h2-4,6-7,12-14,18H,5,8-11H2,1H3,(H3-,26,27,28,29,31,33)/p+1/t18-,30?/m0/s1. The number of ketones is 1. The van der Waals surface area contributed by atoms with Gasteiger partial charge in [0.15, 0.2) is 11.8 Å². The van der Waals surface area contributed by atoms with E-state index in [1.165, 1.54) is 0 Å². The summed E-state index contributed by atoms with van der Waals surface area (Å²) in [4.78, 5) is 45.7. The topological polar surface area (TPSA) is 118 Å². The fourth-order valence-electron chi connectivity index (χ4n) is 5.04. The zero-order valence-electron chi connectivity index (χ0n) is 18.4. The Bertz CT molecular complexity index is 1270.